The maximum atomic E-state index is 13.6. The maximum Gasteiger partial charge on any atom is 0.243 e. The van der Waals surface area contributed by atoms with Crippen LogP contribution in [-0.4, -0.2) is 35.4 Å². The Balaban J connectivity index is 1.78. The molecule has 2 atom stereocenters. The minimum absolute atomic E-state index is 0.0172. The van der Waals surface area contributed by atoms with Gasteiger partial charge in [-0.3, -0.25) is 9.59 Å². The molecule has 196 valence electrons. The molecule has 0 heterocycles. The predicted octanol–water partition coefficient (Wildman–Crippen LogP) is 5.85. The highest BCUT2D eigenvalue weighted by atomic mass is 19.1. The monoisotopic (exact) mass is 504 g/mol. The zero-order valence-electron chi connectivity index (χ0n) is 22.0. The van der Waals surface area contributed by atoms with Crippen LogP contribution in [0.4, 0.5) is 4.39 Å². The van der Waals surface area contributed by atoms with Gasteiger partial charge in [0.15, 0.2) is 0 Å². The molecule has 0 spiro atoms. The average molecular weight is 505 g/mol. The summed E-state index contributed by atoms with van der Waals surface area (Å²) in [5.74, 6) is 0.0861. The third kappa shape index (κ3) is 9.05. The Kier molecular flexibility index (Phi) is 10.7. The van der Waals surface area contributed by atoms with Gasteiger partial charge in [0.2, 0.25) is 11.8 Å². The highest BCUT2D eigenvalue weighted by Gasteiger charge is 2.30. The number of nitrogens with one attached hydrogen (secondary N) is 1. The van der Waals surface area contributed by atoms with Crippen molar-refractivity contribution in [3.63, 3.8) is 0 Å². The smallest absolute Gasteiger partial charge is 0.243 e. The number of aryl methyl sites for hydroxylation is 1. The second-order valence-corrected chi connectivity index (χ2v) is 9.44. The number of nitrogens with zero attached hydrogens (tertiary/aromatic N) is 1. The first-order valence-corrected chi connectivity index (χ1v) is 12.9. The summed E-state index contributed by atoms with van der Waals surface area (Å²) in [5.41, 5.74) is 2.88. The summed E-state index contributed by atoms with van der Waals surface area (Å²) in [6.45, 7) is 6.57. The lowest BCUT2D eigenvalue weighted by molar-refractivity contribution is -0.141. The topological polar surface area (TPSA) is 58.6 Å². The Hall–Kier alpha value is -3.67. The van der Waals surface area contributed by atoms with E-state index >= 15 is 0 Å². The molecule has 37 heavy (non-hydrogen) atoms. The lowest BCUT2D eigenvalue weighted by Gasteiger charge is -2.32. The Bertz CT molecular complexity index is 1120. The first-order chi connectivity index (χ1) is 17.9. The number of carbonyl (C=O) groups excluding carboxylic acids is 2. The number of hydrogen-bond donors (Lipinski definition) is 1. The van der Waals surface area contributed by atoms with Gasteiger partial charge in [-0.25, -0.2) is 4.39 Å². The van der Waals surface area contributed by atoms with E-state index in [1.807, 2.05) is 75.4 Å². The molecule has 0 fully saturated rings. The van der Waals surface area contributed by atoms with E-state index in [0.717, 1.165) is 28.9 Å². The zero-order valence-corrected chi connectivity index (χ0v) is 22.0. The lowest BCUT2D eigenvalue weighted by Crippen LogP contribution is -2.52. The maximum absolute atomic E-state index is 13.6. The molecule has 0 saturated carbocycles. The van der Waals surface area contributed by atoms with Gasteiger partial charge in [-0.05, 0) is 62.1 Å². The number of amides is 2. The molecule has 0 aliphatic rings. The number of hydrogen-bond acceptors (Lipinski definition) is 3. The van der Waals surface area contributed by atoms with E-state index in [4.69, 9.17) is 4.74 Å². The van der Waals surface area contributed by atoms with Crippen LogP contribution in [0.2, 0.25) is 0 Å². The molecule has 3 aromatic rings. The van der Waals surface area contributed by atoms with E-state index in [1.54, 1.807) is 17.0 Å². The fraction of sp³-hybridized carbons (Fsp3) is 0.355. The number of rotatable bonds is 13. The first kappa shape index (κ1) is 27.9. The highest BCUT2D eigenvalue weighted by molar-refractivity contribution is 5.88. The van der Waals surface area contributed by atoms with Crippen molar-refractivity contribution in [2.45, 2.75) is 65.1 Å². The van der Waals surface area contributed by atoms with Gasteiger partial charge < -0.3 is 15.0 Å². The molecule has 6 heteroatoms. The van der Waals surface area contributed by atoms with Crippen molar-refractivity contribution in [1.29, 1.82) is 0 Å². The normalized spacial score (nSPS) is 12.4. The summed E-state index contributed by atoms with van der Waals surface area (Å²) in [6.07, 6.45) is 1.91. The molecular weight excluding hydrogens is 467 g/mol. The van der Waals surface area contributed by atoms with Crippen LogP contribution >= 0.6 is 0 Å². The molecule has 3 aromatic carbocycles. The standard InChI is InChI=1S/C31H37FN2O3/c1-4-24(3)33-31(36)29(21-25-9-6-5-7-10-25)34(22-26-14-16-27(32)17-15-26)30(35)11-8-20-37-28-18-12-23(2)13-19-28/h5-7,9-10,12-19,24,29H,4,8,11,20-22H2,1-3H3,(H,33,36)/t24-,29+/m0/s1. The summed E-state index contributed by atoms with van der Waals surface area (Å²) < 4.78 is 19.4. The third-order valence-electron chi connectivity index (χ3n) is 6.36. The fourth-order valence-corrected chi connectivity index (χ4v) is 3.97. The van der Waals surface area contributed by atoms with E-state index in [-0.39, 0.29) is 36.6 Å². The molecule has 3 rings (SSSR count). The highest BCUT2D eigenvalue weighted by Crippen LogP contribution is 2.18. The van der Waals surface area contributed by atoms with Gasteiger partial charge >= 0.3 is 0 Å². The SMILES string of the molecule is CC[C@H](C)NC(=O)[C@@H](Cc1ccccc1)N(Cc1ccc(F)cc1)C(=O)CCCOc1ccc(C)cc1. The van der Waals surface area contributed by atoms with Gasteiger partial charge in [-0.2, -0.15) is 0 Å². The largest absolute Gasteiger partial charge is 0.494 e. The molecule has 0 aromatic heterocycles. The van der Waals surface area contributed by atoms with Crippen molar-refractivity contribution in [2.24, 2.45) is 0 Å². The Morgan fingerprint density at radius 3 is 2.27 bits per heavy atom. The van der Waals surface area contributed by atoms with Gasteiger partial charge in [0, 0.05) is 25.4 Å². The van der Waals surface area contributed by atoms with Gasteiger partial charge in [0.05, 0.1) is 6.61 Å². The molecule has 5 nitrogen and oxygen atoms in total. The van der Waals surface area contributed by atoms with Crippen molar-refractivity contribution in [3.05, 3.63) is 101 Å². The van der Waals surface area contributed by atoms with Crippen molar-refractivity contribution < 1.29 is 18.7 Å². The summed E-state index contributed by atoms with van der Waals surface area (Å²) in [5, 5.41) is 3.06. The van der Waals surface area contributed by atoms with Crippen LogP contribution in [-0.2, 0) is 22.6 Å². The number of benzene rings is 3. The van der Waals surface area contributed by atoms with Crippen molar-refractivity contribution in [1.82, 2.24) is 10.2 Å². The van der Waals surface area contributed by atoms with Crippen LogP contribution < -0.4 is 10.1 Å². The Morgan fingerprint density at radius 1 is 0.946 bits per heavy atom. The molecule has 0 radical (unpaired) electrons. The van der Waals surface area contributed by atoms with Gasteiger partial charge in [-0.1, -0.05) is 67.1 Å². The molecule has 0 aliphatic carbocycles. The molecule has 0 aliphatic heterocycles. The number of halogens is 1. The molecule has 0 unspecified atom stereocenters. The minimum Gasteiger partial charge on any atom is -0.494 e. The second kappa shape index (κ2) is 14.2. The average Bonchev–Trinajstić information content (AvgIpc) is 2.91. The van der Waals surface area contributed by atoms with E-state index in [9.17, 15) is 14.0 Å². The molecule has 0 bridgehead atoms. The predicted molar refractivity (Wildman–Crippen MR) is 145 cm³/mol. The minimum atomic E-state index is -0.702. The van der Waals surface area contributed by atoms with Crippen molar-refractivity contribution in [2.75, 3.05) is 6.61 Å². The van der Waals surface area contributed by atoms with E-state index in [0.29, 0.717) is 19.4 Å². The van der Waals surface area contributed by atoms with Crippen LogP contribution in [0.1, 0.15) is 49.8 Å². The van der Waals surface area contributed by atoms with Crippen LogP contribution in [0.5, 0.6) is 5.75 Å². The molecular formula is C31H37FN2O3. The summed E-state index contributed by atoms with van der Waals surface area (Å²) in [4.78, 5) is 28.7. The quantitative estimate of drug-likeness (QED) is 0.297. The first-order valence-electron chi connectivity index (χ1n) is 12.9. The second-order valence-electron chi connectivity index (χ2n) is 9.44. The summed E-state index contributed by atoms with van der Waals surface area (Å²) >= 11 is 0. The van der Waals surface area contributed by atoms with Gasteiger partial charge in [0.1, 0.15) is 17.6 Å². The Morgan fingerprint density at radius 2 is 1.62 bits per heavy atom. The van der Waals surface area contributed by atoms with Crippen LogP contribution in [0.15, 0.2) is 78.9 Å². The van der Waals surface area contributed by atoms with Crippen LogP contribution in [0.3, 0.4) is 0 Å². The van der Waals surface area contributed by atoms with Crippen LogP contribution in [0, 0.1) is 12.7 Å². The third-order valence-corrected chi connectivity index (χ3v) is 6.36. The Labute approximate surface area is 219 Å². The van der Waals surface area contributed by atoms with E-state index in [2.05, 4.69) is 5.32 Å². The molecule has 1 N–H and O–H groups in total. The van der Waals surface area contributed by atoms with Crippen molar-refractivity contribution in [3.8, 4) is 5.75 Å². The van der Waals surface area contributed by atoms with Gasteiger partial charge in [-0.15, -0.1) is 0 Å². The fourth-order valence-electron chi connectivity index (χ4n) is 3.97. The van der Waals surface area contributed by atoms with Crippen molar-refractivity contribution >= 4 is 11.8 Å². The summed E-state index contributed by atoms with van der Waals surface area (Å²) in [6, 6.07) is 22.8. The van der Waals surface area contributed by atoms with E-state index in [1.165, 1.54) is 12.1 Å². The van der Waals surface area contributed by atoms with Crippen LogP contribution in [0.25, 0.3) is 0 Å². The lowest BCUT2D eigenvalue weighted by atomic mass is 10.0. The zero-order chi connectivity index (χ0) is 26.6. The molecule has 0 saturated heterocycles. The molecule has 2 amide bonds. The van der Waals surface area contributed by atoms with E-state index < -0.39 is 6.04 Å². The number of ether oxygens (including phenoxy) is 1. The van der Waals surface area contributed by atoms with Gasteiger partial charge in [0.25, 0.3) is 0 Å². The number of carbonyl (C=O) groups is 2. The summed E-state index contributed by atoms with van der Waals surface area (Å²) in [7, 11) is 0.